The van der Waals surface area contributed by atoms with E-state index >= 15 is 0 Å². The second kappa shape index (κ2) is 10.6. The number of fused-ring (bicyclic) bond motifs is 2. The lowest BCUT2D eigenvalue weighted by Crippen LogP contribution is -2.27. The normalized spacial score (nSPS) is 19.2. The Bertz CT molecular complexity index is 1610. The van der Waals surface area contributed by atoms with Gasteiger partial charge < -0.3 is 20.5 Å². The van der Waals surface area contributed by atoms with Crippen LogP contribution in [0.15, 0.2) is 60.9 Å². The molecule has 3 N–H and O–H groups in total. The molecule has 1 spiro atoms. The molecular formula is C31H31N5O5. The van der Waals surface area contributed by atoms with Crippen molar-refractivity contribution in [1.82, 2.24) is 9.78 Å². The predicted octanol–water partition coefficient (Wildman–Crippen LogP) is 4.62. The number of hydrogen-bond donors (Lipinski definition) is 3. The van der Waals surface area contributed by atoms with Gasteiger partial charge in [0.05, 0.1) is 35.7 Å². The lowest BCUT2D eigenvalue weighted by atomic mass is 9.86. The monoisotopic (exact) mass is 553 g/mol. The Balaban J connectivity index is 1.35. The van der Waals surface area contributed by atoms with Crippen molar-refractivity contribution in [1.29, 1.82) is 5.26 Å². The van der Waals surface area contributed by atoms with Crippen molar-refractivity contribution < 1.29 is 24.2 Å². The van der Waals surface area contributed by atoms with Crippen molar-refractivity contribution >= 4 is 29.2 Å². The van der Waals surface area contributed by atoms with Crippen LogP contribution in [0.5, 0.6) is 5.75 Å². The Kier molecular flexibility index (Phi) is 7.13. The van der Waals surface area contributed by atoms with Gasteiger partial charge >= 0.3 is 5.97 Å². The third-order valence-corrected chi connectivity index (χ3v) is 7.60. The summed E-state index contributed by atoms with van der Waals surface area (Å²) in [6.07, 6.45) is 7.46. The first-order valence-corrected chi connectivity index (χ1v) is 13.4. The van der Waals surface area contributed by atoms with Crippen molar-refractivity contribution in [3.05, 3.63) is 83.2 Å². The van der Waals surface area contributed by atoms with E-state index in [9.17, 15) is 19.6 Å². The summed E-state index contributed by atoms with van der Waals surface area (Å²) in [5.41, 5.74) is 2.76. The second-order valence-electron chi connectivity index (χ2n) is 11.4. The van der Waals surface area contributed by atoms with Gasteiger partial charge in [0.2, 0.25) is 5.91 Å². The first kappa shape index (κ1) is 27.6. The molecule has 10 heteroatoms. The van der Waals surface area contributed by atoms with Gasteiger partial charge in [-0.1, -0.05) is 12.1 Å². The first-order chi connectivity index (χ1) is 19.5. The topological polar surface area (TPSA) is 146 Å². The summed E-state index contributed by atoms with van der Waals surface area (Å²) in [7, 11) is 0. The maximum Gasteiger partial charge on any atom is 0.327 e. The van der Waals surface area contributed by atoms with Gasteiger partial charge in [0, 0.05) is 40.4 Å². The summed E-state index contributed by atoms with van der Waals surface area (Å²) < 4.78 is 7.67. The first-order valence-electron chi connectivity index (χ1n) is 13.4. The third kappa shape index (κ3) is 5.70. The predicted molar refractivity (Wildman–Crippen MR) is 152 cm³/mol. The summed E-state index contributed by atoms with van der Waals surface area (Å²) in [6.45, 7) is 6.53. The minimum atomic E-state index is -1.06. The smallest absolute Gasteiger partial charge is 0.327 e. The number of rotatable bonds is 7. The van der Waals surface area contributed by atoms with E-state index in [0.717, 1.165) is 11.6 Å². The molecule has 10 nitrogen and oxygen atoms in total. The van der Waals surface area contributed by atoms with Crippen LogP contribution in [0.3, 0.4) is 0 Å². The summed E-state index contributed by atoms with van der Waals surface area (Å²) in [5.74, 6) is -1.22. The van der Waals surface area contributed by atoms with Crippen LogP contribution in [-0.4, -0.2) is 39.3 Å². The molecule has 2 heterocycles. The standard InChI is InChI=1S/C31H31N5O5/c1-30(2,3)36-18-22(17-33-36)34-28(39)21-9-10-26-23(14-21)31(11-12-41-26)15-24(31)29(40)35-25-13-19(16-32)7-8-20(25)5-4-6-27(37)38/h4,6-10,13-14,17-18,24H,5,11-12,15H2,1-3H3,(H,34,39)(H,35,40)(H,37,38)/t24-,31-/m0/s1. The van der Waals surface area contributed by atoms with E-state index in [-0.39, 0.29) is 29.7 Å². The fourth-order valence-electron chi connectivity index (χ4n) is 5.29. The summed E-state index contributed by atoms with van der Waals surface area (Å²) >= 11 is 0. The number of ether oxygens (including phenoxy) is 1. The molecule has 2 atom stereocenters. The number of nitriles is 1. The number of carbonyl (C=O) groups excluding carboxylic acids is 2. The highest BCUT2D eigenvalue weighted by atomic mass is 16.5. The quantitative estimate of drug-likeness (QED) is 0.362. The molecule has 1 aliphatic heterocycles. The average Bonchev–Trinajstić information content (AvgIpc) is 3.43. The number of carboxylic acid groups (broad SMARTS) is 1. The molecule has 2 aromatic carbocycles. The summed E-state index contributed by atoms with van der Waals surface area (Å²) in [6, 6.07) is 12.3. The van der Waals surface area contributed by atoms with E-state index < -0.39 is 11.4 Å². The van der Waals surface area contributed by atoms with Gasteiger partial charge in [0.1, 0.15) is 5.75 Å². The zero-order valence-electron chi connectivity index (χ0n) is 23.1. The van der Waals surface area contributed by atoms with Crippen LogP contribution in [0.4, 0.5) is 11.4 Å². The molecule has 0 unspecified atom stereocenters. The van der Waals surface area contributed by atoms with Crippen molar-refractivity contribution in [2.24, 2.45) is 5.92 Å². The highest BCUT2D eigenvalue weighted by molar-refractivity contribution is 6.04. The SMILES string of the molecule is CC(C)(C)n1cc(NC(=O)c2ccc3c(c2)[C@]2(CCO3)C[C@H]2C(=O)Nc2cc(C#N)ccc2CC=CC(=O)O)cn1. The van der Waals surface area contributed by atoms with Crippen molar-refractivity contribution in [2.45, 2.75) is 51.0 Å². The Hall–Kier alpha value is -4.91. The molecule has 5 rings (SSSR count). The number of aromatic nitrogens is 2. The number of allylic oxidation sites excluding steroid dienone is 1. The number of amides is 2. The Morgan fingerprint density at radius 2 is 2.02 bits per heavy atom. The van der Waals surface area contributed by atoms with Crippen molar-refractivity contribution in [3.8, 4) is 11.8 Å². The zero-order valence-corrected chi connectivity index (χ0v) is 23.1. The van der Waals surface area contributed by atoms with Crippen molar-refractivity contribution in [3.63, 3.8) is 0 Å². The number of hydrogen-bond acceptors (Lipinski definition) is 6. The van der Waals surface area contributed by atoms with Gasteiger partial charge in [-0.25, -0.2) is 4.79 Å². The fraction of sp³-hybridized carbons (Fsp3) is 0.323. The van der Waals surface area contributed by atoms with Crippen LogP contribution in [0.2, 0.25) is 0 Å². The Morgan fingerprint density at radius 1 is 1.22 bits per heavy atom. The van der Waals surface area contributed by atoms with Crippen LogP contribution < -0.4 is 15.4 Å². The van der Waals surface area contributed by atoms with Gasteiger partial charge in [-0.3, -0.25) is 14.3 Å². The van der Waals surface area contributed by atoms with Crippen LogP contribution in [0.25, 0.3) is 0 Å². The van der Waals surface area contributed by atoms with E-state index in [0.29, 0.717) is 53.3 Å². The van der Waals surface area contributed by atoms with Gasteiger partial charge in [0.25, 0.3) is 5.91 Å². The molecule has 41 heavy (non-hydrogen) atoms. The number of nitrogens with one attached hydrogen (secondary N) is 2. The Morgan fingerprint density at radius 3 is 2.73 bits per heavy atom. The number of carboxylic acids is 1. The van der Waals surface area contributed by atoms with Crippen molar-refractivity contribution in [2.75, 3.05) is 17.2 Å². The summed E-state index contributed by atoms with van der Waals surface area (Å²) in [4.78, 5) is 37.5. The molecule has 210 valence electrons. The molecule has 1 aromatic heterocycles. The number of anilines is 2. The minimum absolute atomic E-state index is 0.194. The molecule has 0 saturated heterocycles. The molecule has 3 aromatic rings. The lowest BCUT2D eigenvalue weighted by molar-refractivity contribution is -0.131. The van der Waals surface area contributed by atoms with E-state index in [1.165, 1.54) is 6.08 Å². The minimum Gasteiger partial charge on any atom is -0.493 e. The molecular weight excluding hydrogens is 522 g/mol. The van der Waals surface area contributed by atoms with Crippen LogP contribution >= 0.6 is 0 Å². The van der Waals surface area contributed by atoms with Crippen LogP contribution in [-0.2, 0) is 27.0 Å². The molecule has 2 aliphatic rings. The van der Waals surface area contributed by atoms with E-state index in [2.05, 4.69) is 21.8 Å². The maximum atomic E-state index is 13.5. The number of benzene rings is 2. The fourth-order valence-corrected chi connectivity index (χ4v) is 5.29. The van der Waals surface area contributed by atoms with Crippen LogP contribution in [0.1, 0.15) is 60.7 Å². The zero-order chi connectivity index (χ0) is 29.4. The van der Waals surface area contributed by atoms with Gasteiger partial charge in [-0.05, 0) is 75.9 Å². The Labute approximate surface area is 237 Å². The van der Waals surface area contributed by atoms with E-state index in [1.54, 1.807) is 47.4 Å². The van der Waals surface area contributed by atoms with Gasteiger partial charge in [-0.15, -0.1) is 0 Å². The second-order valence-corrected chi connectivity index (χ2v) is 11.4. The third-order valence-electron chi connectivity index (χ3n) is 7.60. The molecule has 0 bridgehead atoms. The largest absolute Gasteiger partial charge is 0.493 e. The van der Waals surface area contributed by atoms with E-state index in [4.69, 9.17) is 9.84 Å². The number of aliphatic carboxylic acids is 1. The molecule has 0 radical (unpaired) electrons. The van der Waals surface area contributed by atoms with Gasteiger partial charge in [0.15, 0.2) is 0 Å². The van der Waals surface area contributed by atoms with E-state index in [1.807, 2.05) is 26.8 Å². The molecule has 1 saturated carbocycles. The van der Waals surface area contributed by atoms with Crippen LogP contribution in [0, 0.1) is 17.2 Å². The lowest BCUT2D eigenvalue weighted by Gasteiger charge is -2.27. The molecule has 2 amide bonds. The highest BCUT2D eigenvalue weighted by Crippen LogP contribution is 2.61. The maximum absolute atomic E-state index is 13.5. The van der Waals surface area contributed by atoms with Gasteiger partial charge in [-0.2, -0.15) is 10.4 Å². The molecule has 1 fully saturated rings. The average molecular weight is 554 g/mol. The number of carbonyl (C=O) groups is 3. The molecule has 1 aliphatic carbocycles. The highest BCUT2D eigenvalue weighted by Gasteiger charge is 2.61. The number of nitrogens with zero attached hydrogens (tertiary/aromatic N) is 3. The summed E-state index contributed by atoms with van der Waals surface area (Å²) in [5, 5.41) is 28.5.